The number of benzene rings is 1. The van der Waals surface area contributed by atoms with Crippen molar-refractivity contribution in [2.45, 2.75) is 13.3 Å². The SMILES string of the molecule is CC/C(=C\c1ccc([N+](=O)[O-])cc1)C(=O)Cl. The molecule has 0 aromatic heterocycles. The van der Waals surface area contributed by atoms with Gasteiger partial charge in [-0.1, -0.05) is 6.92 Å². The highest BCUT2D eigenvalue weighted by Gasteiger charge is 2.05. The van der Waals surface area contributed by atoms with E-state index in [-0.39, 0.29) is 5.69 Å². The summed E-state index contributed by atoms with van der Waals surface area (Å²) >= 11 is 5.36. The maximum atomic E-state index is 10.9. The number of nitrogens with zero attached hydrogens (tertiary/aromatic N) is 1. The quantitative estimate of drug-likeness (QED) is 0.351. The van der Waals surface area contributed by atoms with Crippen LogP contribution in [-0.2, 0) is 4.79 Å². The molecular formula is C11H10ClNO3. The molecule has 1 aromatic rings. The fraction of sp³-hybridized carbons (Fsp3) is 0.182. The van der Waals surface area contributed by atoms with Gasteiger partial charge < -0.3 is 0 Å². The van der Waals surface area contributed by atoms with Crippen molar-refractivity contribution in [1.29, 1.82) is 0 Å². The summed E-state index contributed by atoms with van der Waals surface area (Å²) in [6.07, 6.45) is 2.15. The van der Waals surface area contributed by atoms with Crippen LogP contribution in [0.25, 0.3) is 6.08 Å². The average molecular weight is 240 g/mol. The summed E-state index contributed by atoms with van der Waals surface area (Å²) in [6.45, 7) is 1.82. The van der Waals surface area contributed by atoms with Gasteiger partial charge in [0.25, 0.3) is 5.69 Å². The molecule has 16 heavy (non-hydrogen) atoms. The maximum absolute atomic E-state index is 10.9. The summed E-state index contributed by atoms with van der Waals surface area (Å²) < 4.78 is 0. The molecule has 0 aliphatic heterocycles. The lowest BCUT2D eigenvalue weighted by atomic mass is 10.1. The molecule has 0 aliphatic carbocycles. The lowest BCUT2D eigenvalue weighted by molar-refractivity contribution is -0.384. The predicted octanol–water partition coefficient (Wildman–Crippen LogP) is 3.15. The first-order valence-electron chi connectivity index (χ1n) is 4.69. The van der Waals surface area contributed by atoms with Gasteiger partial charge in [-0.3, -0.25) is 14.9 Å². The first-order chi connectivity index (χ1) is 7.54. The van der Waals surface area contributed by atoms with Crippen molar-refractivity contribution >= 4 is 28.6 Å². The van der Waals surface area contributed by atoms with E-state index in [9.17, 15) is 14.9 Å². The Morgan fingerprint density at radius 2 is 2.00 bits per heavy atom. The first-order valence-corrected chi connectivity index (χ1v) is 5.07. The van der Waals surface area contributed by atoms with Crippen molar-refractivity contribution in [3.63, 3.8) is 0 Å². The highest BCUT2D eigenvalue weighted by Crippen LogP contribution is 2.16. The number of nitro groups is 1. The van der Waals surface area contributed by atoms with E-state index < -0.39 is 10.2 Å². The standard InChI is InChI=1S/C11H10ClNO3/c1-2-9(11(12)14)7-8-3-5-10(6-4-8)13(15)16/h3-7H,2H2,1H3/b9-7+. The molecule has 0 saturated carbocycles. The van der Waals surface area contributed by atoms with Gasteiger partial charge in [-0.05, 0) is 41.8 Å². The maximum Gasteiger partial charge on any atom is 0.269 e. The van der Waals surface area contributed by atoms with Crippen LogP contribution in [0.5, 0.6) is 0 Å². The molecule has 4 nitrogen and oxygen atoms in total. The van der Waals surface area contributed by atoms with Gasteiger partial charge in [0.05, 0.1) is 4.92 Å². The van der Waals surface area contributed by atoms with E-state index in [2.05, 4.69) is 0 Å². The molecule has 0 N–H and O–H groups in total. The van der Waals surface area contributed by atoms with Crippen LogP contribution in [0.2, 0.25) is 0 Å². The third kappa shape index (κ3) is 3.17. The Balaban J connectivity index is 2.98. The van der Waals surface area contributed by atoms with Crippen molar-refractivity contribution < 1.29 is 9.72 Å². The second-order valence-electron chi connectivity index (χ2n) is 3.15. The van der Waals surface area contributed by atoms with Gasteiger partial charge in [0.1, 0.15) is 0 Å². The van der Waals surface area contributed by atoms with E-state index in [0.29, 0.717) is 12.0 Å². The molecule has 84 valence electrons. The predicted molar refractivity (Wildman–Crippen MR) is 62.2 cm³/mol. The zero-order valence-corrected chi connectivity index (χ0v) is 9.40. The molecule has 0 spiro atoms. The Hall–Kier alpha value is -1.68. The number of hydrogen-bond acceptors (Lipinski definition) is 3. The summed E-state index contributed by atoms with van der Waals surface area (Å²) in [5.41, 5.74) is 1.22. The first kappa shape index (κ1) is 12.4. The number of carbonyl (C=O) groups excluding carboxylic acids is 1. The second-order valence-corrected chi connectivity index (χ2v) is 3.49. The molecule has 0 fully saturated rings. The van der Waals surface area contributed by atoms with Crippen LogP contribution >= 0.6 is 11.6 Å². The fourth-order valence-corrected chi connectivity index (χ4v) is 1.38. The molecule has 0 atom stereocenters. The molecule has 0 unspecified atom stereocenters. The van der Waals surface area contributed by atoms with Gasteiger partial charge in [-0.15, -0.1) is 0 Å². The van der Waals surface area contributed by atoms with Gasteiger partial charge in [0.2, 0.25) is 5.24 Å². The van der Waals surface area contributed by atoms with Crippen molar-refractivity contribution in [2.75, 3.05) is 0 Å². The van der Waals surface area contributed by atoms with Crippen LogP contribution in [0, 0.1) is 10.1 Å². The summed E-state index contributed by atoms with van der Waals surface area (Å²) in [4.78, 5) is 20.9. The third-order valence-corrected chi connectivity index (χ3v) is 2.32. The molecule has 5 heteroatoms. The smallest absolute Gasteiger partial charge is 0.269 e. The molecule has 0 heterocycles. The largest absolute Gasteiger partial charge is 0.276 e. The zero-order valence-electron chi connectivity index (χ0n) is 8.64. The number of halogens is 1. The topological polar surface area (TPSA) is 60.2 Å². The van der Waals surface area contributed by atoms with Crippen LogP contribution in [-0.4, -0.2) is 10.2 Å². The number of allylic oxidation sites excluding steroid dienone is 1. The van der Waals surface area contributed by atoms with Crippen LogP contribution < -0.4 is 0 Å². The van der Waals surface area contributed by atoms with Crippen molar-refractivity contribution in [1.82, 2.24) is 0 Å². The third-order valence-electron chi connectivity index (χ3n) is 2.08. The summed E-state index contributed by atoms with van der Waals surface area (Å²) in [7, 11) is 0. The van der Waals surface area contributed by atoms with Crippen molar-refractivity contribution in [3.05, 3.63) is 45.5 Å². The Bertz CT molecular complexity index is 437. The monoisotopic (exact) mass is 239 g/mol. The molecule has 0 amide bonds. The minimum atomic E-state index is -0.499. The summed E-state index contributed by atoms with van der Waals surface area (Å²) in [6, 6.07) is 5.93. The molecule has 0 aliphatic rings. The van der Waals surface area contributed by atoms with Crippen LogP contribution in [0.1, 0.15) is 18.9 Å². The van der Waals surface area contributed by atoms with E-state index in [0.717, 1.165) is 5.56 Å². The zero-order chi connectivity index (χ0) is 12.1. The summed E-state index contributed by atoms with van der Waals surface area (Å²) in [5.74, 6) is 0. The highest BCUT2D eigenvalue weighted by atomic mass is 35.5. The number of nitro benzene ring substituents is 1. The van der Waals surface area contributed by atoms with E-state index >= 15 is 0 Å². The Morgan fingerprint density at radius 1 is 1.44 bits per heavy atom. The Kier molecular flexibility index (Phi) is 4.19. The molecule has 1 aromatic carbocycles. The van der Waals surface area contributed by atoms with Crippen LogP contribution in [0.3, 0.4) is 0 Å². The number of carbonyl (C=O) groups is 1. The van der Waals surface area contributed by atoms with Crippen LogP contribution in [0.15, 0.2) is 29.8 Å². The van der Waals surface area contributed by atoms with Crippen LogP contribution in [0.4, 0.5) is 5.69 Å². The normalized spacial score (nSPS) is 11.2. The second kappa shape index (κ2) is 5.42. The number of rotatable bonds is 4. The molecule has 1 rings (SSSR count). The Morgan fingerprint density at radius 3 is 2.38 bits per heavy atom. The number of hydrogen-bond donors (Lipinski definition) is 0. The van der Waals surface area contributed by atoms with Gasteiger partial charge in [-0.2, -0.15) is 0 Å². The van der Waals surface area contributed by atoms with E-state index in [1.54, 1.807) is 18.2 Å². The minimum absolute atomic E-state index is 0.0207. The van der Waals surface area contributed by atoms with E-state index in [1.165, 1.54) is 12.1 Å². The van der Waals surface area contributed by atoms with Crippen molar-refractivity contribution in [3.8, 4) is 0 Å². The van der Waals surface area contributed by atoms with E-state index in [4.69, 9.17) is 11.6 Å². The molecule has 0 bridgehead atoms. The lowest BCUT2D eigenvalue weighted by Crippen LogP contribution is -1.91. The fourth-order valence-electron chi connectivity index (χ4n) is 1.19. The summed E-state index contributed by atoms with van der Waals surface area (Å²) in [5, 5.41) is 9.91. The van der Waals surface area contributed by atoms with E-state index in [1.807, 2.05) is 6.92 Å². The molecule has 0 saturated heterocycles. The molecule has 0 radical (unpaired) electrons. The minimum Gasteiger partial charge on any atom is -0.276 e. The van der Waals surface area contributed by atoms with Crippen molar-refractivity contribution in [2.24, 2.45) is 0 Å². The lowest BCUT2D eigenvalue weighted by Gasteiger charge is -1.98. The van der Waals surface area contributed by atoms with Gasteiger partial charge in [0.15, 0.2) is 0 Å². The van der Waals surface area contributed by atoms with Gasteiger partial charge in [-0.25, -0.2) is 0 Å². The number of non-ortho nitro benzene ring substituents is 1. The van der Waals surface area contributed by atoms with Gasteiger partial charge >= 0.3 is 0 Å². The highest BCUT2D eigenvalue weighted by molar-refractivity contribution is 6.68. The van der Waals surface area contributed by atoms with Gasteiger partial charge in [0, 0.05) is 17.7 Å². The Labute approximate surface area is 97.7 Å². The molecular weight excluding hydrogens is 230 g/mol. The average Bonchev–Trinajstić information content (AvgIpc) is 2.26.